The molecule has 4 atom stereocenters. The minimum absolute atomic E-state index is 0.0546. The van der Waals surface area contributed by atoms with E-state index in [0.29, 0.717) is 117 Å². The smallest absolute Gasteiger partial charge is 0.412 e. The summed E-state index contributed by atoms with van der Waals surface area (Å²) in [5, 5.41) is 8.98. The molecule has 0 radical (unpaired) electrons. The van der Waals surface area contributed by atoms with Crippen molar-refractivity contribution in [3.05, 3.63) is 132 Å². The van der Waals surface area contributed by atoms with Gasteiger partial charge in [-0.1, -0.05) is 37.1 Å². The zero-order chi connectivity index (χ0) is 57.0. The van der Waals surface area contributed by atoms with Crippen LogP contribution in [-0.4, -0.2) is 124 Å². The predicted molar refractivity (Wildman–Crippen MR) is 308 cm³/mol. The minimum Gasteiger partial charge on any atom is -0.490 e. The summed E-state index contributed by atoms with van der Waals surface area (Å²) in [6.45, 7) is 14.8. The fourth-order valence-electron chi connectivity index (χ4n) is 10.6. The summed E-state index contributed by atoms with van der Waals surface area (Å²) in [5.74, 6) is 3.65. The lowest BCUT2D eigenvalue weighted by molar-refractivity contribution is -0.122. The van der Waals surface area contributed by atoms with Crippen molar-refractivity contribution in [2.24, 2.45) is 5.92 Å². The molecule has 3 amide bonds. The first-order valence-electron chi connectivity index (χ1n) is 28.3. The van der Waals surface area contributed by atoms with Gasteiger partial charge in [-0.15, -0.1) is 0 Å². The van der Waals surface area contributed by atoms with Gasteiger partial charge in [-0.2, -0.15) is 4.98 Å². The average Bonchev–Trinajstić information content (AvgIpc) is 4.32. The molecule has 3 aromatic carbocycles. The Morgan fingerprint density at radius 2 is 1.51 bits per heavy atom. The number of hydrogen-bond donors (Lipinski definition) is 3. The Labute approximate surface area is 477 Å². The fourth-order valence-corrected chi connectivity index (χ4v) is 10.6. The quantitative estimate of drug-likeness (QED) is 0.0479. The van der Waals surface area contributed by atoms with Crippen LogP contribution in [0.5, 0.6) is 11.5 Å². The molecule has 1 saturated heterocycles. The van der Waals surface area contributed by atoms with Crippen LogP contribution < -0.4 is 35.2 Å². The van der Waals surface area contributed by atoms with Crippen LogP contribution in [0, 0.1) is 12.8 Å². The van der Waals surface area contributed by atoms with Crippen molar-refractivity contribution in [1.29, 1.82) is 0 Å². The molecule has 1 saturated carbocycles. The summed E-state index contributed by atoms with van der Waals surface area (Å²) >= 11 is 0. The van der Waals surface area contributed by atoms with Crippen LogP contribution in [0.1, 0.15) is 99.2 Å². The van der Waals surface area contributed by atoms with E-state index in [1.165, 1.54) is 0 Å². The topological polar surface area (TPSA) is 232 Å². The number of carbonyl (C=O) groups excluding carboxylic acids is 3. The number of carbonyl (C=O) groups is 3. The van der Waals surface area contributed by atoms with E-state index in [9.17, 15) is 14.4 Å². The largest absolute Gasteiger partial charge is 0.490 e. The van der Waals surface area contributed by atoms with Gasteiger partial charge in [0.05, 0.1) is 69.8 Å². The summed E-state index contributed by atoms with van der Waals surface area (Å²) in [7, 11) is 0. The Hall–Kier alpha value is -8.14. The normalized spacial score (nSPS) is 17.2. The molecule has 6 heterocycles. The first-order chi connectivity index (χ1) is 39.8. The van der Waals surface area contributed by atoms with Crippen LogP contribution in [0.4, 0.5) is 22.3 Å². The number of amides is 3. The molecule has 3 N–H and O–H groups in total. The molecule has 21 nitrogen and oxygen atoms in total. The number of hydrogen-bond acceptors (Lipinski definition) is 17. The van der Waals surface area contributed by atoms with E-state index in [4.69, 9.17) is 47.8 Å². The maximum Gasteiger partial charge on any atom is 0.412 e. The number of anilines is 3. The zero-order valence-electron chi connectivity index (χ0n) is 47.3. The Morgan fingerprint density at radius 1 is 0.780 bits per heavy atom. The van der Waals surface area contributed by atoms with E-state index in [1.54, 1.807) is 18.3 Å². The van der Waals surface area contributed by atoms with Crippen molar-refractivity contribution in [3.8, 4) is 22.6 Å². The highest BCUT2D eigenvalue weighted by Crippen LogP contribution is 2.42. The molecule has 0 unspecified atom stereocenters. The first kappa shape index (κ1) is 57.1. The molecule has 1 aliphatic carbocycles. The van der Waals surface area contributed by atoms with Gasteiger partial charge in [0.25, 0.3) is 11.9 Å². The minimum atomic E-state index is -0.597. The number of fused-ring (bicyclic) bond motifs is 3. The van der Waals surface area contributed by atoms with Crippen molar-refractivity contribution < 1.29 is 47.2 Å². The molecule has 4 aromatic heterocycles. The molecular weight excluding hydrogens is 1050 g/mol. The maximum atomic E-state index is 13.9. The van der Waals surface area contributed by atoms with Crippen molar-refractivity contribution >= 4 is 46.5 Å². The molecular formula is C61H73N11O10. The van der Waals surface area contributed by atoms with Gasteiger partial charge >= 0.3 is 6.09 Å². The van der Waals surface area contributed by atoms with Crippen LogP contribution in [-0.2, 0) is 43.4 Å². The highest BCUT2D eigenvalue weighted by atomic mass is 16.6. The van der Waals surface area contributed by atoms with Crippen molar-refractivity contribution in [3.63, 3.8) is 0 Å². The monoisotopic (exact) mass is 1120 g/mol. The van der Waals surface area contributed by atoms with Gasteiger partial charge in [0.2, 0.25) is 5.91 Å². The van der Waals surface area contributed by atoms with Gasteiger partial charge in [0, 0.05) is 61.5 Å². The van der Waals surface area contributed by atoms with Crippen LogP contribution in [0.25, 0.3) is 22.2 Å². The number of pyridine rings is 1. The molecule has 3 aliphatic rings. The Balaban J connectivity index is 0.597. The van der Waals surface area contributed by atoms with Gasteiger partial charge in [0.1, 0.15) is 59.3 Å². The molecule has 21 heteroatoms. The van der Waals surface area contributed by atoms with Gasteiger partial charge in [0.15, 0.2) is 5.58 Å². The Kier molecular flexibility index (Phi) is 18.5. The molecule has 0 bridgehead atoms. The third-order valence-corrected chi connectivity index (χ3v) is 14.6. The summed E-state index contributed by atoms with van der Waals surface area (Å²) in [4.78, 5) is 67.2. The summed E-state index contributed by atoms with van der Waals surface area (Å²) < 4.78 is 42.6. The van der Waals surface area contributed by atoms with E-state index in [-0.39, 0.29) is 24.5 Å². The number of nitrogens with zero attached hydrogens (tertiary/aromatic N) is 8. The SMILES string of the molecule is Cc1nc([C@H](C)NC(=O)c2ccc(-c3ccc(NC(=O)OC(C)(C)C)cc3)cc2)cc(N2[C@H](C(=O)NCCOCCOCCOCCOc3ccc(COc4ccc5oc(N6CCn7ccnc7C6)nc5c4)nc3)C[C@@H]3CCCC[C@@H]32)n1. The molecule has 432 valence electrons. The van der Waals surface area contributed by atoms with Crippen LogP contribution in [0.2, 0.25) is 0 Å². The van der Waals surface area contributed by atoms with Crippen molar-refractivity contribution in [1.82, 2.24) is 40.1 Å². The highest BCUT2D eigenvalue weighted by molar-refractivity contribution is 5.95. The number of rotatable bonds is 24. The molecule has 82 heavy (non-hydrogen) atoms. The second-order valence-corrected chi connectivity index (χ2v) is 21.8. The molecule has 0 spiro atoms. The van der Waals surface area contributed by atoms with Crippen LogP contribution in [0.15, 0.2) is 108 Å². The lowest BCUT2D eigenvalue weighted by atomic mass is 9.84. The van der Waals surface area contributed by atoms with Gasteiger partial charge < -0.3 is 57.8 Å². The van der Waals surface area contributed by atoms with Gasteiger partial charge in [-0.05, 0) is 119 Å². The third kappa shape index (κ3) is 15.0. The number of aryl methyl sites for hydroxylation is 1. The molecule has 2 fully saturated rings. The number of aromatic nitrogens is 6. The molecule has 2 aliphatic heterocycles. The summed E-state index contributed by atoms with van der Waals surface area (Å²) in [6, 6.07) is 26.0. The second kappa shape index (κ2) is 26.6. The van der Waals surface area contributed by atoms with E-state index in [2.05, 4.69) is 40.3 Å². The van der Waals surface area contributed by atoms with E-state index >= 15 is 0 Å². The lowest BCUT2D eigenvalue weighted by Crippen LogP contribution is -2.48. The summed E-state index contributed by atoms with van der Waals surface area (Å²) in [6.07, 6.45) is 9.99. The van der Waals surface area contributed by atoms with Gasteiger partial charge in [-0.25, -0.2) is 19.7 Å². The third-order valence-electron chi connectivity index (χ3n) is 14.6. The van der Waals surface area contributed by atoms with E-state index in [1.807, 2.05) is 120 Å². The standard InChI is InChI=1S/C61H73N11O10/c1-40(65-57(73)44-12-10-42(11-13-44)43-14-16-46(17-15-43)68-60(75)82-61(3,4)5)50-36-55(67-41(2)66-50)72-52-9-7-6-8-45(52)34-53(72)58(74)63-23-27-76-28-29-77-30-31-78-32-33-79-49-19-18-47(64-37-49)39-80-48-20-21-54-51(35-48)69-59(81-54)71-26-25-70-24-22-62-56(70)38-71/h10-22,24,35-37,40,45,52-53H,6-9,23,25-34,38-39H2,1-5H3,(H,63,74)(H,65,73)(H,68,75)/t40-,45-,52-,53-/m0/s1. The Bertz CT molecular complexity index is 3250. The van der Waals surface area contributed by atoms with E-state index < -0.39 is 23.8 Å². The summed E-state index contributed by atoms with van der Waals surface area (Å²) in [5.41, 5.74) is 5.22. The number of imidazole rings is 1. The van der Waals surface area contributed by atoms with Crippen LogP contribution in [0.3, 0.4) is 0 Å². The zero-order valence-corrected chi connectivity index (χ0v) is 47.3. The highest BCUT2D eigenvalue weighted by Gasteiger charge is 2.46. The van der Waals surface area contributed by atoms with Crippen molar-refractivity contribution in [2.75, 3.05) is 74.5 Å². The van der Waals surface area contributed by atoms with Gasteiger partial charge in [-0.3, -0.25) is 19.9 Å². The molecule has 7 aromatic rings. The van der Waals surface area contributed by atoms with Crippen LogP contribution >= 0.6 is 0 Å². The number of benzene rings is 3. The maximum absolute atomic E-state index is 13.9. The predicted octanol–water partition coefficient (Wildman–Crippen LogP) is 9.00. The molecule has 10 rings (SSSR count). The second-order valence-electron chi connectivity index (χ2n) is 21.8. The number of ether oxygens (including phenoxy) is 6. The average molecular weight is 1120 g/mol. The van der Waals surface area contributed by atoms with E-state index in [0.717, 1.165) is 73.4 Å². The number of oxazole rings is 1. The lowest BCUT2D eigenvalue weighted by Gasteiger charge is -2.35. The number of nitrogens with one attached hydrogen (secondary N) is 3. The Morgan fingerprint density at radius 3 is 2.27 bits per heavy atom. The fraction of sp³-hybridized carbons (Fsp3) is 0.443. The van der Waals surface area contributed by atoms with Crippen molar-refractivity contribution in [2.45, 2.75) is 110 Å². The first-order valence-corrected chi connectivity index (χ1v) is 28.3.